The van der Waals surface area contributed by atoms with Crippen LogP contribution in [0.5, 0.6) is 5.75 Å². The fourth-order valence-corrected chi connectivity index (χ4v) is 4.81. The van der Waals surface area contributed by atoms with Crippen molar-refractivity contribution in [1.29, 1.82) is 0 Å². The van der Waals surface area contributed by atoms with E-state index in [0.717, 1.165) is 29.7 Å². The molecule has 0 aliphatic rings. The summed E-state index contributed by atoms with van der Waals surface area (Å²) >= 11 is 13.8. The first-order chi connectivity index (χ1) is 17.5. The Morgan fingerprint density at radius 1 is 0.889 bits per heavy atom. The SMILES string of the molecule is CCCCOc1c(Cl)cc(C(=O)Nc2nc(-c3ccccc3)c(NC(=O)c3ccccc3)s2)cc1Cl. The highest BCUT2D eigenvalue weighted by molar-refractivity contribution is 7.20. The standard InChI is InChI=1S/C27H23Cl2N3O3S/c1-2-3-14-35-23-20(28)15-19(16-21(23)29)25(34)32-27-30-22(17-10-6-4-7-11-17)26(36-27)31-24(33)18-12-8-5-9-13-18/h4-13,15-16H,2-3,14H2,1H3,(H,31,33)(H,30,32,34). The predicted molar refractivity (Wildman–Crippen MR) is 147 cm³/mol. The van der Waals surface area contributed by atoms with Crippen LogP contribution >= 0.6 is 34.5 Å². The lowest BCUT2D eigenvalue weighted by atomic mass is 10.1. The molecule has 1 aromatic heterocycles. The Kier molecular flexibility index (Phi) is 8.59. The lowest BCUT2D eigenvalue weighted by molar-refractivity contribution is 0.101. The number of nitrogens with zero attached hydrogens (tertiary/aromatic N) is 1. The average Bonchev–Trinajstić information content (AvgIpc) is 3.28. The van der Waals surface area contributed by atoms with Gasteiger partial charge < -0.3 is 10.1 Å². The van der Waals surface area contributed by atoms with Crippen LogP contribution < -0.4 is 15.4 Å². The molecular formula is C27H23Cl2N3O3S. The minimum Gasteiger partial charge on any atom is -0.490 e. The Hall–Kier alpha value is -3.39. The monoisotopic (exact) mass is 539 g/mol. The number of carbonyl (C=O) groups excluding carboxylic acids is 2. The number of rotatable bonds is 9. The Balaban J connectivity index is 1.58. The van der Waals surface area contributed by atoms with Gasteiger partial charge in [-0.15, -0.1) is 0 Å². The molecule has 9 heteroatoms. The number of halogens is 2. The van der Waals surface area contributed by atoms with E-state index in [1.807, 2.05) is 36.4 Å². The molecule has 0 fully saturated rings. The largest absolute Gasteiger partial charge is 0.490 e. The maximum absolute atomic E-state index is 13.0. The summed E-state index contributed by atoms with van der Waals surface area (Å²) in [6, 6.07) is 21.3. The van der Waals surface area contributed by atoms with Crippen molar-refractivity contribution in [3.63, 3.8) is 0 Å². The fourth-order valence-electron chi connectivity index (χ4n) is 3.33. The molecule has 0 bridgehead atoms. The normalized spacial score (nSPS) is 10.6. The van der Waals surface area contributed by atoms with Gasteiger partial charge in [-0.3, -0.25) is 14.9 Å². The summed E-state index contributed by atoms with van der Waals surface area (Å²) in [6.45, 7) is 2.54. The molecule has 36 heavy (non-hydrogen) atoms. The maximum atomic E-state index is 13.0. The van der Waals surface area contributed by atoms with Crippen LogP contribution in [-0.2, 0) is 0 Å². The van der Waals surface area contributed by atoms with E-state index in [-0.39, 0.29) is 21.5 Å². The topological polar surface area (TPSA) is 80.3 Å². The van der Waals surface area contributed by atoms with E-state index in [0.29, 0.717) is 33.7 Å². The molecule has 184 valence electrons. The first-order valence-electron chi connectivity index (χ1n) is 11.3. The molecule has 6 nitrogen and oxygen atoms in total. The van der Waals surface area contributed by atoms with Gasteiger partial charge in [0.25, 0.3) is 11.8 Å². The Labute approximate surface area is 223 Å². The lowest BCUT2D eigenvalue weighted by Crippen LogP contribution is -2.12. The summed E-state index contributed by atoms with van der Waals surface area (Å²) in [5.41, 5.74) is 2.13. The van der Waals surface area contributed by atoms with Crippen LogP contribution in [0.4, 0.5) is 10.1 Å². The predicted octanol–water partition coefficient (Wildman–Crippen LogP) is 7.80. The summed E-state index contributed by atoms with van der Waals surface area (Å²) in [6.07, 6.45) is 1.84. The number of amides is 2. The quantitative estimate of drug-likeness (QED) is 0.212. The molecule has 1 heterocycles. The smallest absolute Gasteiger partial charge is 0.257 e. The summed E-state index contributed by atoms with van der Waals surface area (Å²) < 4.78 is 5.66. The highest BCUT2D eigenvalue weighted by atomic mass is 35.5. The highest BCUT2D eigenvalue weighted by Gasteiger charge is 2.20. The van der Waals surface area contributed by atoms with Crippen LogP contribution in [0.15, 0.2) is 72.8 Å². The van der Waals surface area contributed by atoms with Gasteiger partial charge in [-0.25, -0.2) is 4.98 Å². The van der Waals surface area contributed by atoms with Crippen LogP contribution in [0.1, 0.15) is 40.5 Å². The van der Waals surface area contributed by atoms with E-state index in [9.17, 15) is 9.59 Å². The minimum absolute atomic E-state index is 0.253. The molecule has 4 aromatic rings. The van der Waals surface area contributed by atoms with Crippen LogP contribution in [-0.4, -0.2) is 23.4 Å². The van der Waals surface area contributed by atoms with Crippen LogP contribution in [0.25, 0.3) is 11.3 Å². The number of nitrogens with one attached hydrogen (secondary N) is 2. The second-order valence-corrected chi connectivity index (χ2v) is 9.62. The molecule has 0 saturated heterocycles. The number of thiazole rings is 1. The van der Waals surface area contributed by atoms with E-state index in [4.69, 9.17) is 27.9 Å². The van der Waals surface area contributed by atoms with Crippen molar-refractivity contribution in [2.75, 3.05) is 17.2 Å². The van der Waals surface area contributed by atoms with Gasteiger partial charge >= 0.3 is 0 Å². The molecule has 4 rings (SSSR count). The van der Waals surface area contributed by atoms with E-state index in [1.165, 1.54) is 12.1 Å². The van der Waals surface area contributed by atoms with Crippen molar-refractivity contribution in [3.05, 3.63) is 94.0 Å². The number of hydrogen-bond acceptors (Lipinski definition) is 5. The van der Waals surface area contributed by atoms with Crippen molar-refractivity contribution < 1.29 is 14.3 Å². The van der Waals surface area contributed by atoms with E-state index < -0.39 is 5.91 Å². The van der Waals surface area contributed by atoms with E-state index in [1.54, 1.807) is 24.3 Å². The van der Waals surface area contributed by atoms with Gasteiger partial charge in [-0.1, -0.05) is 96.4 Å². The number of hydrogen-bond donors (Lipinski definition) is 2. The molecule has 3 aromatic carbocycles. The Bertz CT molecular complexity index is 1340. The molecule has 0 aliphatic heterocycles. The zero-order chi connectivity index (χ0) is 25.5. The number of benzene rings is 3. The second-order valence-electron chi connectivity index (χ2n) is 7.81. The third-order valence-corrected chi connectivity index (χ3v) is 6.61. The van der Waals surface area contributed by atoms with Gasteiger partial charge in [0.2, 0.25) is 0 Å². The van der Waals surface area contributed by atoms with Crippen LogP contribution in [0.2, 0.25) is 10.0 Å². The zero-order valence-corrected chi connectivity index (χ0v) is 21.7. The van der Waals surface area contributed by atoms with E-state index in [2.05, 4.69) is 22.5 Å². The molecule has 0 spiro atoms. The van der Waals surface area contributed by atoms with Gasteiger partial charge in [0.1, 0.15) is 10.7 Å². The van der Waals surface area contributed by atoms with Crippen molar-refractivity contribution in [2.24, 2.45) is 0 Å². The maximum Gasteiger partial charge on any atom is 0.257 e. The summed E-state index contributed by atoms with van der Waals surface area (Å²) in [4.78, 5) is 30.4. The average molecular weight is 540 g/mol. The van der Waals surface area contributed by atoms with Crippen molar-refractivity contribution in [1.82, 2.24) is 4.98 Å². The number of ether oxygens (including phenoxy) is 1. The van der Waals surface area contributed by atoms with Gasteiger partial charge in [0.05, 0.1) is 16.7 Å². The van der Waals surface area contributed by atoms with Crippen molar-refractivity contribution in [2.45, 2.75) is 19.8 Å². The highest BCUT2D eigenvalue weighted by Crippen LogP contribution is 2.37. The third kappa shape index (κ3) is 6.23. The number of anilines is 2. The Morgan fingerprint density at radius 3 is 2.14 bits per heavy atom. The third-order valence-electron chi connectivity index (χ3n) is 5.16. The molecule has 2 amide bonds. The van der Waals surface area contributed by atoms with Gasteiger partial charge in [0, 0.05) is 16.7 Å². The summed E-state index contributed by atoms with van der Waals surface area (Å²) in [5, 5.41) is 7.04. The van der Waals surface area contributed by atoms with Crippen molar-refractivity contribution in [3.8, 4) is 17.0 Å². The van der Waals surface area contributed by atoms with Gasteiger partial charge in [-0.05, 0) is 30.7 Å². The summed E-state index contributed by atoms with van der Waals surface area (Å²) in [5.74, 6) is -0.352. The molecule has 0 atom stereocenters. The molecule has 2 N–H and O–H groups in total. The lowest BCUT2D eigenvalue weighted by Gasteiger charge is -2.11. The second kappa shape index (κ2) is 12.0. The number of carbonyl (C=O) groups is 2. The Morgan fingerprint density at radius 2 is 1.50 bits per heavy atom. The minimum atomic E-state index is -0.437. The molecule has 0 saturated carbocycles. The summed E-state index contributed by atoms with van der Waals surface area (Å²) in [7, 11) is 0. The zero-order valence-electron chi connectivity index (χ0n) is 19.4. The molecule has 0 unspecified atom stereocenters. The van der Waals surface area contributed by atoms with Gasteiger partial charge in [-0.2, -0.15) is 0 Å². The molecule has 0 aliphatic carbocycles. The molecule has 0 radical (unpaired) electrons. The van der Waals surface area contributed by atoms with E-state index >= 15 is 0 Å². The van der Waals surface area contributed by atoms with Crippen LogP contribution in [0.3, 0.4) is 0 Å². The molecular weight excluding hydrogens is 517 g/mol. The van der Waals surface area contributed by atoms with Crippen LogP contribution in [0, 0.1) is 0 Å². The van der Waals surface area contributed by atoms with Gasteiger partial charge in [0.15, 0.2) is 10.9 Å². The first kappa shape index (κ1) is 25.7. The first-order valence-corrected chi connectivity index (χ1v) is 12.9. The number of unbranched alkanes of at least 4 members (excludes halogenated alkanes) is 1. The van der Waals surface area contributed by atoms with Crippen molar-refractivity contribution >= 4 is 56.5 Å². The fraction of sp³-hybridized carbons (Fsp3) is 0.148. The number of aromatic nitrogens is 1.